The van der Waals surface area contributed by atoms with Gasteiger partial charge in [-0.05, 0) is 24.6 Å². The lowest BCUT2D eigenvalue weighted by atomic mass is 10.1. The molecule has 0 bridgehead atoms. The molecule has 51 valence electrons. The van der Waals surface area contributed by atoms with Crippen LogP contribution in [0.3, 0.4) is 0 Å². The molecular formula is C9H5N2. The summed E-state index contributed by atoms with van der Waals surface area (Å²) in [4.78, 5) is 0. The van der Waals surface area contributed by atoms with Gasteiger partial charge in [-0.1, -0.05) is 6.07 Å². The first-order valence-corrected chi connectivity index (χ1v) is 3.04. The zero-order chi connectivity index (χ0) is 8.27. The Labute approximate surface area is 65.3 Å². The summed E-state index contributed by atoms with van der Waals surface area (Å²) in [5.74, 6) is 0. The van der Waals surface area contributed by atoms with Crippen molar-refractivity contribution in [1.29, 1.82) is 10.5 Å². The van der Waals surface area contributed by atoms with E-state index in [2.05, 4.69) is 6.92 Å². The molecule has 1 rings (SSSR count). The maximum atomic E-state index is 8.54. The lowest BCUT2D eigenvalue weighted by Crippen LogP contribution is -1.82. The topological polar surface area (TPSA) is 47.6 Å². The van der Waals surface area contributed by atoms with E-state index >= 15 is 0 Å². The molecule has 0 fully saturated rings. The standard InChI is InChI=1S/C9H5N2/c1-7-2-3-8(5-10)4-9(7)6-11/h2-4H,1H2. The van der Waals surface area contributed by atoms with Crippen LogP contribution >= 0.6 is 0 Å². The number of benzene rings is 1. The first-order valence-electron chi connectivity index (χ1n) is 3.04. The Kier molecular flexibility index (Phi) is 1.90. The molecule has 0 N–H and O–H groups in total. The summed E-state index contributed by atoms with van der Waals surface area (Å²) in [6, 6.07) is 8.74. The van der Waals surface area contributed by atoms with Crippen LogP contribution in [-0.2, 0) is 0 Å². The number of hydrogen-bond donors (Lipinski definition) is 0. The Hall–Kier alpha value is -1.80. The molecule has 11 heavy (non-hydrogen) atoms. The van der Waals surface area contributed by atoms with Gasteiger partial charge in [-0.2, -0.15) is 10.5 Å². The molecule has 0 heterocycles. The molecule has 0 amide bonds. The van der Waals surface area contributed by atoms with E-state index in [1.54, 1.807) is 12.1 Å². The minimum atomic E-state index is 0.462. The number of hydrogen-bond acceptors (Lipinski definition) is 2. The SMILES string of the molecule is [CH2]c1ccc(C#N)cc1C#N. The smallest absolute Gasteiger partial charge is 0.0994 e. The second-order valence-corrected chi connectivity index (χ2v) is 2.10. The lowest BCUT2D eigenvalue weighted by Gasteiger charge is -1.94. The van der Waals surface area contributed by atoms with Crippen molar-refractivity contribution in [2.24, 2.45) is 0 Å². The van der Waals surface area contributed by atoms with Gasteiger partial charge in [0.2, 0.25) is 0 Å². The van der Waals surface area contributed by atoms with E-state index < -0.39 is 0 Å². The van der Waals surface area contributed by atoms with Gasteiger partial charge in [-0.3, -0.25) is 0 Å². The maximum absolute atomic E-state index is 8.54. The van der Waals surface area contributed by atoms with Gasteiger partial charge >= 0.3 is 0 Å². The lowest BCUT2D eigenvalue weighted by molar-refractivity contribution is 1.42. The molecule has 0 unspecified atom stereocenters. The minimum Gasteiger partial charge on any atom is -0.192 e. The van der Waals surface area contributed by atoms with E-state index in [1.165, 1.54) is 6.07 Å². The van der Waals surface area contributed by atoms with E-state index in [4.69, 9.17) is 10.5 Å². The fraction of sp³-hybridized carbons (Fsp3) is 0. The summed E-state index contributed by atoms with van der Waals surface area (Å²) in [6.07, 6.45) is 0. The van der Waals surface area contributed by atoms with Crippen LogP contribution in [0.4, 0.5) is 0 Å². The van der Waals surface area contributed by atoms with Gasteiger partial charge in [0, 0.05) is 0 Å². The summed E-state index contributed by atoms with van der Waals surface area (Å²) in [5, 5.41) is 17.0. The third kappa shape index (κ3) is 1.36. The van der Waals surface area contributed by atoms with Crippen LogP contribution in [0.25, 0.3) is 0 Å². The van der Waals surface area contributed by atoms with Crippen LogP contribution in [0.15, 0.2) is 18.2 Å². The molecule has 2 heteroatoms. The van der Waals surface area contributed by atoms with Gasteiger partial charge in [0.05, 0.1) is 23.3 Å². The summed E-state index contributed by atoms with van der Waals surface area (Å²) < 4.78 is 0. The van der Waals surface area contributed by atoms with Gasteiger partial charge in [-0.15, -0.1) is 0 Å². The molecule has 0 aromatic heterocycles. The molecule has 2 nitrogen and oxygen atoms in total. The fourth-order valence-electron chi connectivity index (χ4n) is 0.750. The second-order valence-electron chi connectivity index (χ2n) is 2.10. The van der Waals surface area contributed by atoms with Crippen LogP contribution in [-0.4, -0.2) is 0 Å². The molecule has 0 aliphatic rings. The van der Waals surface area contributed by atoms with E-state index in [0.29, 0.717) is 16.7 Å². The molecule has 0 saturated carbocycles. The van der Waals surface area contributed by atoms with E-state index in [9.17, 15) is 0 Å². The van der Waals surface area contributed by atoms with Crippen LogP contribution in [0.5, 0.6) is 0 Å². The number of nitriles is 2. The third-order valence-electron chi connectivity index (χ3n) is 1.36. The van der Waals surface area contributed by atoms with E-state index in [-0.39, 0.29) is 0 Å². The molecule has 0 aliphatic heterocycles. The fourth-order valence-corrected chi connectivity index (χ4v) is 0.750. The zero-order valence-electron chi connectivity index (χ0n) is 5.83. The Bertz CT molecular complexity index is 353. The minimum absolute atomic E-state index is 0.462. The van der Waals surface area contributed by atoms with Crippen LogP contribution in [0, 0.1) is 29.6 Å². The van der Waals surface area contributed by atoms with Crippen molar-refractivity contribution < 1.29 is 0 Å². The number of rotatable bonds is 0. The summed E-state index contributed by atoms with van der Waals surface area (Å²) in [5.41, 5.74) is 1.62. The average Bonchev–Trinajstić information content (AvgIpc) is 2.05. The van der Waals surface area contributed by atoms with Crippen LogP contribution in [0.2, 0.25) is 0 Å². The third-order valence-corrected chi connectivity index (χ3v) is 1.36. The molecule has 1 radical (unpaired) electrons. The highest BCUT2D eigenvalue weighted by molar-refractivity contribution is 5.45. The van der Waals surface area contributed by atoms with Crippen molar-refractivity contribution >= 4 is 0 Å². The predicted molar refractivity (Wildman–Crippen MR) is 40.3 cm³/mol. The highest BCUT2D eigenvalue weighted by atomic mass is 14.3. The summed E-state index contributed by atoms with van der Waals surface area (Å²) >= 11 is 0. The van der Waals surface area contributed by atoms with Gasteiger partial charge in [0.25, 0.3) is 0 Å². The zero-order valence-corrected chi connectivity index (χ0v) is 5.83. The van der Waals surface area contributed by atoms with Gasteiger partial charge in [-0.25, -0.2) is 0 Å². The molecule has 0 aliphatic carbocycles. The normalized spacial score (nSPS) is 8.27. The Morgan fingerprint density at radius 1 is 1.18 bits per heavy atom. The maximum Gasteiger partial charge on any atom is 0.0994 e. The predicted octanol–water partition coefficient (Wildman–Crippen LogP) is 1.61. The quantitative estimate of drug-likeness (QED) is 0.551. The summed E-state index contributed by atoms with van der Waals surface area (Å²) in [6.45, 7) is 3.63. The van der Waals surface area contributed by atoms with Crippen molar-refractivity contribution in [3.63, 3.8) is 0 Å². The van der Waals surface area contributed by atoms with Crippen molar-refractivity contribution in [2.45, 2.75) is 0 Å². The van der Waals surface area contributed by atoms with Crippen molar-refractivity contribution in [2.75, 3.05) is 0 Å². The molecule has 0 atom stereocenters. The largest absolute Gasteiger partial charge is 0.192 e. The highest BCUT2D eigenvalue weighted by Gasteiger charge is 1.97. The molecule has 1 aromatic rings. The average molecular weight is 141 g/mol. The number of nitrogens with zero attached hydrogens (tertiary/aromatic N) is 2. The van der Waals surface area contributed by atoms with Gasteiger partial charge < -0.3 is 0 Å². The molecular weight excluding hydrogens is 136 g/mol. The Morgan fingerprint density at radius 3 is 2.45 bits per heavy atom. The van der Waals surface area contributed by atoms with E-state index in [1.807, 2.05) is 12.1 Å². The Morgan fingerprint density at radius 2 is 1.91 bits per heavy atom. The van der Waals surface area contributed by atoms with Crippen LogP contribution in [0.1, 0.15) is 16.7 Å². The van der Waals surface area contributed by atoms with E-state index in [0.717, 1.165) is 0 Å². The van der Waals surface area contributed by atoms with Gasteiger partial charge in [0.15, 0.2) is 0 Å². The Balaban J connectivity index is 3.29. The first-order chi connectivity index (χ1) is 5.27. The second kappa shape index (κ2) is 2.86. The van der Waals surface area contributed by atoms with Crippen molar-refractivity contribution in [3.05, 3.63) is 41.8 Å². The summed E-state index contributed by atoms with van der Waals surface area (Å²) in [7, 11) is 0. The molecule has 0 spiro atoms. The molecule has 1 aromatic carbocycles. The monoisotopic (exact) mass is 141 g/mol. The molecule has 0 saturated heterocycles. The van der Waals surface area contributed by atoms with Gasteiger partial charge in [0.1, 0.15) is 0 Å². The van der Waals surface area contributed by atoms with Crippen molar-refractivity contribution in [1.82, 2.24) is 0 Å². The highest BCUT2D eigenvalue weighted by Crippen LogP contribution is 2.08. The van der Waals surface area contributed by atoms with Crippen LogP contribution < -0.4 is 0 Å². The van der Waals surface area contributed by atoms with Crippen molar-refractivity contribution in [3.8, 4) is 12.1 Å². The first kappa shape index (κ1) is 7.31.